The van der Waals surface area contributed by atoms with E-state index < -0.39 is 0 Å². The predicted octanol–water partition coefficient (Wildman–Crippen LogP) is 6.94. The number of carbonyl (C=O) groups excluding carboxylic acids is 1. The van der Waals surface area contributed by atoms with Crippen molar-refractivity contribution in [2.75, 3.05) is 20.1 Å². The molecule has 2 bridgehead atoms. The lowest BCUT2D eigenvalue weighted by Crippen LogP contribution is -2.51. The Hall–Kier alpha value is -2.98. The number of pyridine rings is 1. The summed E-state index contributed by atoms with van der Waals surface area (Å²) in [5, 5.41) is 1.21. The van der Waals surface area contributed by atoms with Gasteiger partial charge in [-0.05, 0) is 80.4 Å². The maximum absolute atomic E-state index is 12.8. The van der Waals surface area contributed by atoms with Crippen molar-refractivity contribution in [1.82, 2.24) is 9.88 Å². The van der Waals surface area contributed by atoms with E-state index >= 15 is 0 Å². The molecule has 4 heteroatoms. The second-order valence-electron chi connectivity index (χ2n) is 11.4. The first-order valence-electron chi connectivity index (χ1n) is 14.0. The maximum atomic E-state index is 12.8. The number of benzene rings is 2. The fourth-order valence-electron chi connectivity index (χ4n) is 6.20. The van der Waals surface area contributed by atoms with Crippen LogP contribution in [0, 0.1) is 17.8 Å². The van der Waals surface area contributed by atoms with Gasteiger partial charge in [0.25, 0.3) is 0 Å². The van der Waals surface area contributed by atoms with E-state index in [1.165, 1.54) is 28.5 Å². The second-order valence-corrected chi connectivity index (χ2v) is 11.4. The van der Waals surface area contributed by atoms with Crippen LogP contribution < -0.4 is 0 Å². The second kappa shape index (κ2) is 11.2. The van der Waals surface area contributed by atoms with Gasteiger partial charge in [0.15, 0.2) is 0 Å². The molecule has 1 aromatic heterocycles. The summed E-state index contributed by atoms with van der Waals surface area (Å²) >= 11 is 0. The van der Waals surface area contributed by atoms with Crippen molar-refractivity contribution in [3.05, 3.63) is 84.1 Å². The summed E-state index contributed by atoms with van der Waals surface area (Å²) in [5.41, 5.74) is 4.72. The molecule has 0 spiro atoms. The number of hydrogen-bond acceptors (Lipinski definition) is 4. The first kappa shape index (κ1) is 25.7. The summed E-state index contributed by atoms with van der Waals surface area (Å²) in [6.07, 6.45) is 10.7. The third-order valence-corrected chi connectivity index (χ3v) is 8.37. The van der Waals surface area contributed by atoms with Crippen LogP contribution in [0.1, 0.15) is 57.1 Å². The molecular weight excluding hydrogens is 456 g/mol. The monoisotopic (exact) mass is 496 g/mol. The molecule has 3 aliphatic carbocycles. The topological polar surface area (TPSA) is 42.4 Å². The molecule has 3 unspecified atom stereocenters. The minimum absolute atomic E-state index is 0.0614. The lowest BCUT2D eigenvalue weighted by Gasteiger charge is -2.50. The molecule has 0 radical (unpaired) electrons. The van der Waals surface area contributed by atoms with Crippen molar-refractivity contribution in [1.29, 1.82) is 0 Å². The fraction of sp³-hybridized carbons (Fsp3) is 0.455. The zero-order valence-corrected chi connectivity index (χ0v) is 22.5. The molecule has 37 heavy (non-hydrogen) atoms. The third kappa shape index (κ3) is 5.80. The van der Waals surface area contributed by atoms with E-state index in [1.807, 2.05) is 26.1 Å². The number of allylic oxidation sites excluding steroid dienone is 1. The standard InChI is InChI=1S/C33H40N2O2/c1-24(2)32(36)37-33(22-28-15-16-29(33)21-30(28)26-11-5-4-6-12-26)17-19-35(3)18-9-10-25-20-27-13-7-8-14-31(27)34-23-25/h4-8,11-14,20-21,23-24,28-29H,9-10,15-19,22H2,1-3H3. The average Bonchev–Trinajstić information content (AvgIpc) is 2.92. The highest BCUT2D eigenvalue weighted by molar-refractivity contribution is 5.78. The molecule has 3 aliphatic rings. The third-order valence-electron chi connectivity index (χ3n) is 8.37. The van der Waals surface area contributed by atoms with Crippen molar-refractivity contribution >= 4 is 22.4 Å². The van der Waals surface area contributed by atoms with Crippen molar-refractivity contribution in [3.63, 3.8) is 0 Å². The van der Waals surface area contributed by atoms with Gasteiger partial charge >= 0.3 is 5.97 Å². The Bertz CT molecular complexity index is 1250. The number of carbonyl (C=O) groups is 1. The Labute approximate surface area is 221 Å². The molecule has 0 N–H and O–H groups in total. The molecule has 1 fully saturated rings. The highest BCUT2D eigenvalue weighted by Gasteiger charge is 2.50. The molecule has 0 aliphatic heterocycles. The van der Waals surface area contributed by atoms with Crippen molar-refractivity contribution in [2.24, 2.45) is 17.8 Å². The Morgan fingerprint density at radius 2 is 1.86 bits per heavy atom. The molecule has 1 heterocycles. The molecule has 0 saturated heterocycles. The Balaban J connectivity index is 1.23. The van der Waals surface area contributed by atoms with Gasteiger partial charge in [0.1, 0.15) is 5.60 Å². The van der Waals surface area contributed by atoms with Crippen LogP contribution in [0.2, 0.25) is 0 Å². The van der Waals surface area contributed by atoms with E-state index in [2.05, 4.69) is 77.6 Å². The zero-order chi connectivity index (χ0) is 25.8. The van der Waals surface area contributed by atoms with Gasteiger partial charge in [-0.15, -0.1) is 0 Å². The van der Waals surface area contributed by atoms with Gasteiger partial charge in [-0.3, -0.25) is 9.78 Å². The SMILES string of the molecule is CC(C)C(=O)OC1(CCN(C)CCCc2cnc3ccccc3c2)CC2CCC1C=C2c1ccccc1. The molecular formula is C33H40N2O2. The van der Waals surface area contributed by atoms with Crippen LogP contribution in [0.3, 0.4) is 0 Å². The van der Waals surface area contributed by atoms with E-state index in [9.17, 15) is 4.79 Å². The molecule has 4 nitrogen and oxygen atoms in total. The van der Waals surface area contributed by atoms with Gasteiger partial charge in [0.05, 0.1) is 11.4 Å². The van der Waals surface area contributed by atoms with Crippen LogP contribution in [-0.2, 0) is 16.0 Å². The zero-order valence-electron chi connectivity index (χ0n) is 22.5. The number of fused-ring (bicyclic) bond motifs is 3. The van der Waals surface area contributed by atoms with Gasteiger partial charge < -0.3 is 9.64 Å². The molecule has 0 amide bonds. The van der Waals surface area contributed by atoms with Crippen molar-refractivity contribution in [2.45, 2.75) is 58.0 Å². The highest BCUT2D eigenvalue weighted by atomic mass is 16.6. The lowest BCUT2D eigenvalue weighted by molar-refractivity contribution is -0.176. The van der Waals surface area contributed by atoms with Gasteiger partial charge in [0, 0.05) is 30.5 Å². The van der Waals surface area contributed by atoms with E-state index in [-0.39, 0.29) is 23.4 Å². The largest absolute Gasteiger partial charge is 0.458 e. The minimum atomic E-state index is -0.390. The number of aromatic nitrogens is 1. The summed E-state index contributed by atoms with van der Waals surface area (Å²) in [4.78, 5) is 19.9. The van der Waals surface area contributed by atoms with Crippen LogP contribution in [-0.4, -0.2) is 41.6 Å². The normalized spacial score (nSPS) is 23.0. The first-order chi connectivity index (χ1) is 17.9. The molecule has 2 aromatic carbocycles. The smallest absolute Gasteiger partial charge is 0.308 e. The molecule has 3 aromatic rings. The summed E-state index contributed by atoms with van der Waals surface area (Å²) < 4.78 is 6.41. The number of nitrogens with zero attached hydrogens (tertiary/aromatic N) is 2. The Kier molecular flexibility index (Phi) is 7.76. The number of hydrogen-bond donors (Lipinski definition) is 0. The van der Waals surface area contributed by atoms with Crippen LogP contribution in [0.5, 0.6) is 0 Å². The van der Waals surface area contributed by atoms with Gasteiger partial charge in [-0.1, -0.05) is 68.5 Å². The van der Waals surface area contributed by atoms with Gasteiger partial charge in [-0.25, -0.2) is 0 Å². The predicted molar refractivity (Wildman–Crippen MR) is 151 cm³/mol. The number of ether oxygens (including phenoxy) is 1. The fourth-order valence-corrected chi connectivity index (χ4v) is 6.20. The summed E-state index contributed by atoms with van der Waals surface area (Å²) in [7, 11) is 2.20. The van der Waals surface area contributed by atoms with E-state index in [1.54, 1.807) is 0 Å². The quantitative estimate of drug-likeness (QED) is 0.285. The van der Waals surface area contributed by atoms with Crippen molar-refractivity contribution in [3.8, 4) is 0 Å². The molecule has 1 saturated carbocycles. The van der Waals surface area contributed by atoms with Gasteiger partial charge in [0.2, 0.25) is 0 Å². The van der Waals surface area contributed by atoms with Gasteiger partial charge in [-0.2, -0.15) is 0 Å². The Morgan fingerprint density at radius 3 is 2.62 bits per heavy atom. The highest BCUT2D eigenvalue weighted by Crippen LogP contribution is 2.53. The number of para-hydroxylation sites is 1. The van der Waals surface area contributed by atoms with E-state index in [4.69, 9.17) is 4.74 Å². The summed E-state index contributed by atoms with van der Waals surface area (Å²) in [6, 6.07) is 21.3. The number of aryl methyl sites for hydroxylation is 1. The maximum Gasteiger partial charge on any atom is 0.308 e. The van der Waals surface area contributed by atoms with Crippen molar-refractivity contribution < 1.29 is 9.53 Å². The molecule has 3 atom stereocenters. The summed E-state index contributed by atoms with van der Waals surface area (Å²) in [5.74, 6) is 0.572. The minimum Gasteiger partial charge on any atom is -0.458 e. The average molecular weight is 497 g/mol. The first-order valence-corrected chi connectivity index (χ1v) is 14.0. The number of esters is 1. The van der Waals surface area contributed by atoms with Crippen LogP contribution in [0.4, 0.5) is 0 Å². The van der Waals surface area contributed by atoms with Crippen LogP contribution in [0.15, 0.2) is 72.9 Å². The summed E-state index contributed by atoms with van der Waals surface area (Å²) in [6.45, 7) is 5.82. The Morgan fingerprint density at radius 1 is 1.08 bits per heavy atom. The molecule has 194 valence electrons. The number of rotatable bonds is 10. The van der Waals surface area contributed by atoms with Crippen LogP contribution in [0.25, 0.3) is 16.5 Å². The molecule has 6 rings (SSSR count). The van der Waals surface area contributed by atoms with Crippen LogP contribution >= 0.6 is 0 Å². The lowest BCUT2D eigenvalue weighted by atomic mass is 9.60. The van der Waals surface area contributed by atoms with E-state index in [0.29, 0.717) is 5.92 Å². The van der Waals surface area contributed by atoms with E-state index in [0.717, 1.165) is 50.7 Å².